The highest BCUT2D eigenvalue weighted by Gasteiger charge is 2.35. The normalized spacial score (nSPS) is 12.1. The molecule has 2 heterocycles. The zero-order valence-electron chi connectivity index (χ0n) is 14.9. The first-order chi connectivity index (χ1) is 11.0. The lowest BCUT2D eigenvalue weighted by atomic mass is 10.1. The molecule has 0 atom stereocenters. The largest absolute Gasteiger partial charge is 0.443 e. The predicted molar refractivity (Wildman–Crippen MR) is 89.8 cm³/mol. The van der Waals surface area contributed by atoms with Gasteiger partial charge in [0.15, 0.2) is 0 Å². The molecule has 24 heavy (non-hydrogen) atoms. The Hall–Kier alpha value is -2.44. The summed E-state index contributed by atoms with van der Waals surface area (Å²) in [4.78, 5) is 17.8. The summed E-state index contributed by atoms with van der Waals surface area (Å²) in [5.74, 6) is -0.649. The van der Waals surface area contributed by atoms with Crippen LogP contribution >= 0.6 is 0 Å². The van der Waals surface area contributed by atoms with Crippen molar-refractivity contribution in [2.45, 2.75) is 52.7 Å². The molecule has 0 aliphatic heterocycles. The van der Waals surface area contributed by atoms with Crippen LogP contribution in [-0.2, 0) is 4.74 Å². The molecular formula is C17H23FN4O2. The zero-order valence-corrected chi connectivity index (χ0v) is 14.9. The van der Waals surface area contributed by atoms with Gasteiger partial charge in [0.2, 0.25) is 5.95 Å². The van der Waals surface area contributed by atoms with Crippen molar-refractivity contribution in [1.82, 2.24) is 14.8 Å². The van der Waals surface area contributed by atoms with E-state index in [-0.39, 0.29) is 5.69 Å². The van der Waals surface area contributed by atoms with Crippen molar-refractivity contribution in [2.75, 3.05) is 4.90 Å². The van der Waals surface area contributed by atoms with Crippen LogP contribution in [0, 0.1) is 5.95 Å². The van der Waals surface area contributed by atoms with Gasteiger partial charge in [-0.05, 0) is 53.7 Å². The summed E-state index contributed by atoms with van der Waals surface area (Å²) in [5, 5.41) is 4.05. The standard InChI is InChI=1S/C17H23FN4O2/c1-16(2,3)21(15(23)24-17(4,5)6)13-11-20-22(14(13)18)12-8-7-9-19-10-12/h7-11H,1-6H3. The Bertz CT molecular complexity index is 714. The number of aromatic nitrogens is 3. The number of hydrogen-bond acceptors (Lipinski definition) is 4. The number of pyridine rings is 1. The second-order valence-corrected chi connectivity index (χ2v) is 7.43. The van der Waals surface area contributed by atoms with E-state index in [9.17, 15) is 9.18 Å². The van der Waals surface area contributed by atoms with Gasteiger partial charge in [0.1, 0.15) is 11.3 Å². The Morgan fingerprint density at radius 2 is 1.88 bits per heavy atom. The number of rotatable bonds is 2. The van der Waals surface area contributed by atoms with Crippen LogP contribution < -0.4 is 4.90 Å². The van der Waals surface area contributed by atoms with E-state index in [1.54, 1.807) is 59.9 Å². The van der Waals surface area contributed by atoms with Crippen molar-refractivity contribution in [1.29, 1.82) is 0 Å². The maximum absolute atomic E-state index is 14.9. The monoisotopic (exact) mass is 334 g/mol. The lowest BCUT2D eigenvalue weighted by Gasteiger charge is -2.35. The Kier molecular flexibility index (Phi) is 4.64. The molecule has 2 rings (SSSR count). The van der Waals surface area contributed by atoms with Crippen molar-refractivity contribution >= 4 is 11.8 Å². The van der Waals surface area contributed by atoms with E-state index in [2.05, 4.69) is 10.1 Å². The van der Waals surface area contributed by atoms with Gasteiger partial charge in [0.05, 0.1) is 18.1 Å². The molecule has 0 aromatic carbocycles. The van der Waals surface area contributed by atoms with Gasteiger partial charge in [-0.1, -0.05) is 0 Å². The van der Waals surface area contributed by atoms with E-state index < -0.39 is 23.2 Å². The SMILES string of the molecule is CC(C)(C)OC(=O)N(c1cnn(-c2cccnc2)c1F)C(C)(C)C. The number of carbonyl (C=O) groups excluding carboxylic acids is 1. The first kappa shape index (κ1) is 17.9. The van der Waals surface area contributed by atoms with Crippen LogP contribution in [0.3, 0.4) is 0 Å². The molecule has 7 heteroatoms. The predicted octanol–water partition coefficient (Wildman–Crippen LogP) is 3.95. The summed E-state index contributed by atoms with van der Waals surface area (Å²) >= 11 is 0. The fourth-order valence-corrected chi connectivity index (χ4v) is 2.18. The van der Waals surface area contributed by atoms with Crippen molar-refractivity contribution < 1.29 is 13.9 Å². The van der Waals surface area contributed by atoms with Gasteiger partial charge >= 0.3 is 6.09 Å². The molecule has 0 aliphatic carbocycles. The van der Waals surface area contributed by atoms with Crippen molar-refractivity contribution in [3.63, 3.8) is 0 Å². The first-order valence-corrected chi connectivity index (χ1v) is 7.68. The molecule has 1 amide bonds. The highest BCUT2D eigenvalue weighted by molar-refractivity contribution is 5.89. The average Bonchev–Trinajstić information content (AvgIpc) is 2.78. The third kappa shape index (κ3) is 3.90. The third-order valence-corrected chi connectivity index (χ3v) is 3.07. The molecule has 0 unspecified atom stereocenters. The van der Waals surface area contributed by atoms with Gasteiger partial charge in [-0.15, -0.1) is 0 Å². The highest BCUT2D eigenvalue weighted by Crippen LogP contribution is 2.29. The van der Waals surface area contributed by atoms with E-state index >= 15 is 0 Å². The van der Waals surface area contributed by atoms with Crippen molar-refractivity contribution in [3.05, 3.63) is 36.7 Å². The first-order valence-electron chi connectivity index (χ1n) is 7.68. The minimum absolute atomic E-state index is 0.0561. The van der Waals surface area contributed by atoms with E-state index in [0.717, 1.165) is 4.68 Å². The van der Waals surface area contributed by atoms with E-state index in [4.69, 9.17) is 4.74 Å². The number of hydrogen-bond donors (Lipinski definition) is 0. The minimum atomic E-state index is -0.689. The van der Waals surface area contributed by atoms with Gasteiger partial charge < -0.3 is 4.74 Å². The third-order valence-electron chi connectivity index (χ3n) is 3.07. The van der Waals surface area contributed by atoms with Gasteiger partial charge in [0, 0.05) is 11.7 Å². The number of nitrogens with zero attached hydrogens (tertiary/aromatic N) is 4. The Balaban J connectivity index is 2.46. The molecule has 130 valence electrons. The Morgan fingerprint density at radius 1 is 1.21 bits per heavy atom. The topological polar surface area (TPSA) is 60.2 Å². The maximum atomic E-state index is 14.9. The van der Waals surface area contributed by atoms with E-state index in [1.807, 2.05) is 0 Å². The van der Waals surface area contributed by atoms with Crippen LogP contribution in [-0.4, -0.2) is 32.0 Å². The minimum Gasteiger partial charge on any atom is -0.443 e. The van der Waals surface area contributed by atoms with Gasteiger partial charge in [-0.2, -0.15) is 9.49 Å². The summed E-state index contributed by atoms with van der Waals surface area (Å²) in [6.07, 6.45) is 3.78. The molecule has 0 N–H and O–H groups in total. The highest BCUT2D eigenvalue weighted by atomic mass is 19.1. The van der Waals surface area contributed by atoms with Crippen LogP contribution in [0.1, 0.15) is 41.5 Å². The van der Waals surface area contributed by atoms with Crippen LogP contribution in [0.2, 0.25) is 0 Å². The van der Waals surface area contributed by atoms with Crippen LogP contribution in [0.4, 0.5) is 14.9 Å². The van der Waals surface area contributed by atoms with E-state index in [0.29, 0.717) is 5.69 Å². The summed E-state index contributed by atoms with van der Waals surface area (Å²) in [5.41, 5.74) is -0.845. The summed E-state index contributed by atoms with van der Waals surface area (Å²) in [6.45, 7) is 10.7. The Morgan fingerprint density at radius 3 is 2.38 bits per heavy atom. The molecule has 0 saturated carbocycles. The molecule has 2 aromatic rings. The number of carbonyl (C=O) groups is 1. The average molecular weight is 334 g/mol. The smallest absolute Gasteiger partial charge is 0.415 e. The Labute approximate surface area is 141 Å². The summed E-state index contributed by atoms with van der Waals surface area (Å²) < 4.78 is 21.4. The van der Waals surface area contributed by atoms with Gasteiger partial charge in [-0.3, -0.25) is 9.88 Å². The molecule has 0 fully saturated rings. The second-order valence-electron chi connectivity index (χ2n) is 7.43. The molecule has 0 bridgehead atoms. The number of halogens is 1. The van der Waals surface area contributed by atoms with Crippen LogP contribution in [0.15, 0.2) is 30.7 Å². The second kappa shape index (κ2) is 6.22. The van der Waals surface area contributed by atoms with E-state index in [1.165, 1.54) is 17.3 Å². The zero-order chi connectivity index (χ0) is 18.1. The van der Waals surface area contributed by atoms with Crippen LogP contribution in [0.25, 0.3) is 5.69 Å². The molecular weight excluding hydrogens is 311 g/mol. The molecule has 2 aromatic heterocycles. The van der Waals surface area contributed by atoms with Crippen molar-refractivity contribution in [3.8, 4) is 5.69 Å². The lowest BCUT2D eigenvalue weighted by molar-refractivity contribution is 0.0548. The van der Waals surface area contributed by atoms with Crippen molar-refractivity contribution in [2.24, 2.45) is 0 Å². The number of anilines is 1. The lowest BCUT2D eigenvalue weighted by Crippen LogP contribution is -2.48. The van der Waals surface area contributed by atoms with Gasteiger partial charge in [0.25, 0.3) is 0 Å². The number of ether oxygens (including phenoxy) is 1. The summed E-state index contributed by atoms with van der Waals surface area (Å²) in [6, 6.07) is 3.37. The quantitative estimate of drug-likeness (QED) is 0.834. The summed E-state index contributed by atoms with van der Waals surface area (Å²) in [7, 11) is 0. The maximum Gasteiger partial charge on any atom is 0.415 e. The molecule has 0 aliphatic rings. The molecule has 6 nitrogen and oxygen atoms in total. The van der Waals surface area contributed by atoms with Crippen LogP contribution in [0.5, 0.6) is 0 Å². The molecule has 0 radical (unpaired) electrons. The van der Waals surface area contributed by atoms with Gasteiger partial charge in [-0.25, -0.2) is 9.48 Å². The fraction of sp³-hybridized carbons (Fsp3) is 0.471. The molecule has 0 saturated heterocycles. The molecule has 0 spiro atoms. The number of amides is 1. The fourth-order valence-electron chi connectivity index (χ4n) is 2.18.